The van der Waals surface area contributed by atoms with Crippen LogP contribution in [0.4, 0.5) is 0 Å². The first kappa shape index (κ1) is 14.5. The predicted octanol–water partition coefficient (Wildman–Crippen LogP) is 2.75. The molecule has 0 amide bonds. The zero-order chi connectivity index (χ0) is 14.6. The Hall–Kier alpha value is -1.91. The summed E-state index contributed by atoms with van der Waals surface area (Å²) in [6, 6.07) is 16.8. The fourth-order valence-electron chi connectivity index (χ4n) is 2.03. The number of sulfone groups is 1. The van der Waals surface area contributed by atoms with Gasteiger partial charge in [0.25, 0.3) is 0 Å². The summed E-state index contributed by atoms with van der Waals surface area (Å²) in [7, 11) is -3.67. The number of rotatable bonds is 5. The van der Waals surface area contributed by atoms with Crippen LogP contribution in [0.3, 0.4) is 0 Å². The highest BCUT2D eigenvalue weighted by Gasteiger charge is 2.32. The zero-order valence-electron chi connectivity index (χ0n) is 10.9. The van der Waals surface area contributed by atoms with Crippen LogP contribution in [-0.2, 0) is 9.84 Å². The van der Waals surface area contributed by atoms with Crippen LogP contribution in [0.5, 0.6) is 0 Å². The molecule has 0 bridgehead atoms. The molecule has 2 unspecified atom stereocenters. The molecule has 0 spiro atoms. The molecular weight excluding hydrogens is 272 g/mol. The van der Waals surface area contributed by atoms with Crippen molar-refractivity contribution < 1.29 is 13.5 Å². The van der Waals surface area contributed by atoms with Gasteiger partial charge in [-0.1, -0.05) is 54.6 Å². The molecule has 3 nitrogen and oxygen atoms in total. The molecule has 0 aliphatic carbocycles. The van der Waals surface area contributed by atoms with E-state index < -0.39 is 21.2 Å². The SMILES string of the molecule is C=CC(C(O)c1ccccc1)S(=O)(=O)c1ccccc1. The van der Waals surface area contributed by atoms with E-state index in [1.807, 2.05) is 6.07 Å². The van der Waals surface area contributed by atoms with Crippen molar-refractivity contribution in [2.24, 2.45) is 0 Å². The van der Waals surface area contributed by atoms with Gasteiger partial charge in [-0.15, -0.1) is 6.58 Å². The average molecular weight is 288 g/mol. The number of aliphatic hydroxyl groups excluding tert-OH is 1. The summed E-state index contributed by atoms with van der Waals surface area (Å²) in [6.45, 7) is 3.56. The number of hydrogen-bond acceptors (Lipinski definition) is 3. The zero-order valence-corrected chi connectivity index (χ0v) is 11.7. The van der Waals surface area contributed by atoms with Gasteiger partial charge in [-0.2, -0.15) is 0 Å². The minimum absolute atomic E-state index is 0.180. The van der Waals surface area contributed by atoms with Crippen LogP contribution in [0.25, 0.3) is 0 Å². The third-order valence-electron chi connectivity index (χ3n) is 3.11. The Morgan fingerprint density at radius 1 is 0.950 bits per heavy atom. The Kier molecular flexibility index (Phi) is 4.37. The summed E-state index contributed by atoms with van der Waals surface area (Å²) in [6.07, 6.45) is 0.138. The standard InChI is InChI=1S/C16H16O3S/c1-2-15(16(17)13-9-5-3-6-10-13)20(18,19)14-11-7-4-8-12-14/h2-12,15-17H,1H2. The summed E-state index contributed by atoms with van der Waals surface area (Å²) in [5, 5.41) is 9.25. The second-order valence-corrected chi connectivity index (χ2v) is 6.52. The van der Waals surface area contributed by atoms with Crippen LogP contribution in [0.1, 0.15) is 11.7 Å². The normalized spacial score (nSPS) is 14.4. The second kappa shape index (κ2) is 6.03. The topological polar surface area (TPSA) is 54.4 Å². The molecule has 0 aliphatic heterocycles. The van der Waals surface area contributed by atoms with Crippen LogP contribution < -0.4 is 0 Å². The van der Waals surface area contributed by atoms with E-state index in [0.29, 0.717) is 5.56 Å². The Morgan fingerprint density at radius 3 is 1.95 bits per heavy atom. The molecule has 2 atom stereocenters. The Morgan fingerprint density at radius 2 is 1.45 bits per heavy atom. The molecule has 0 aromatic heterocycles. The minimum atomic E-state index is -3.67. The highest BCUT2D eigenvalue weighted by atomic mass is 32.2. The van der Waals surface area contributed by atoms with Gasteiger partial charge in [-0.05, 0) is 17.7 Å². The summed E-state index contributed by atoms with van der Waals surface area (Å²) < 4.78 is 25.1. The van der Waals surface area contributed by atoms with Crippen molar-refractivity contribution in [3.8, 4) is 0 Å². The summed E-state index contributed by atoms with van der Waals surface area (Å²) >= 11 is 0. The smallest absolute Gasteiger partial charge is 0.187 e. The average Bonchev–Trinajstić information content (AvgIpc) is 2.49. The third kappa shape index (κ3) is 2.81. The lowest BCUT2D eigenvalue weighted by Gasteiger charge is -2.20. The molecule has 4 heteroatoms. The Labute approximate surface area is 119 Å². The highest BCUT2D eigenvalue weighted by Crippen LogP contribution is 2.27. The first-order chi connectivity index (χ1) is 9.57. The summed E-state index contributed by atoms with van der Waals surface area (Å²) in [5.74, 6) is 0. The number of benzene rings is 2. The lowest BCUT2D eigenvalue weighted by Crippen LogP contribution is -2.26. The molecule has 0 fully saturated rings. The molecule has 104 valence electrons. The largest absolute Gasteiger partial charge is 0.387 e. The van der Waals surface area contributed by atoms with Gasteiger partial charge in [-0.3, -0.25) is 0 Å². The molecule has 0 heterocycles. The van der Waals surface area contributed by atoms with E-state index >= 15 is 0 Å². The fraction of sp³-hybridized carbons (Fsp3) is 0.125. The van der Waals surface area contributed by atoms with Crippen molar-refractivity contribution in [1.82, 2.24) is 0 Å². The van der Waals surface area contributed by atoms with Gasteiger partial charge in [0.1, 0.15) is 5.25 Å². The van der Waals surface area contributed by atoms with E-state index in [1.165, 1.54) is 18.2 Å². The van der Waals surface area contributed by atoms with E-state index in [2.05, 4.69) is 6.58 Å². The maximum Gasteiger partial charge on any atom is 0.187 e. The van der Waals surface area contributed by atoms with E-state index in [4.69, 9.17) is 0 Å². The fourth-order valence-corrected chi connectivity index (χ4v) is 3.63. The molecule has 0 radical (unpaired) electrons. The van der Waals surface area contributed by atoms with Crippen LogP contribution >= 0.6 is 0 Å². The maximum absolute atomic E-state index is 12.5. The van der Waals surface area contributed by atoms with Crippen LogP contribution in [0, 0.1) is 0 Å². The van der Waals surface area contributed by atoms with Gasteiger partial charge in [0, 0.05) is 0 Å². The van der Waals surface area contributed by atoms with Crippen LogP contribution in [0.15, 0.2) is 78.2 Å². The van der Waals surface area contributed by atoms with E-state index in [0.717, 1.165) is 0 Å². The molecule has 2 aromatic rings. The van der Waals surface area contributed by atoms with Crippen molar-refractivity contribution >= 4 is 9.84 Å². The second-order valence-electron chi connectivity index (χ2n) is 4.41. The molecule has 2 aromatic carbocycles. The van der Waals surface area contributed by atoms with Crippen molar-refractivity contribution in [3.05, 3.63) is 78.9 Å². The predicted molar refractivity (Wildman–Crippen MR) is 79.0 cm³/mol. The van der Waals surface area contributed by atoms with Crippen molar-refractivity contribution in [2.45, 2.75) is 16.2 Å². The first-order valence-corrected chi connectivity index (χ1v) is 7.76. The van der Waals surface area contributed by atoms with Crippen molar-refractivity contribution in [2.75, 3.05) is 0 Å². The molecule has 2 rings (SSSR count). The molecule has 1 N–H and O–H groups in total. The molecule has 20 heavy (non-hydrogen) atoms. The lowest BCUT2D eigenvalue weighted by molar-refractivity contribution is 0.183. The number of hydrogen-bond donors (Lipinski definition) is 1. The van der Waals surface area contributed by atoms with E-state index in [9.17, 15) is 13.5 Å². The molecule has 0 saturated carbocycles. The van der Waals surface area contributed by atoms with Gasteiger partial charge >= 0.3 is 0 Å². The first-order valence-electron chi connectivity index (χ1n) is 6.22. The maximum atomic E-state index is 12.5. The van der Waals surface area contributed by atoms with Crippen molar-refractivity contribution in [1.29, 1.82) is 0 Å². The highest BCUT2D eigenvalue weighted by molar-refractivity contribution is 7.92. The lowest BCUT2D eigenvalue weighted by atomic mass is 10.1. The van der Waals surface area contributed by atoms with Crippen LogP contribution in [-0.4, -0.2) is 18.8 Å². The Balaban J connectivity index is 2.40. The van der Waals surface area contributed by atoms with Crippen molar-refractivity contribution in [3.63, 3.8) is 0 Å². The van der Waals surface area contributed by atoms with Gasteiger partial charge in [-0.25, -0.2) is 8.42 Å². The quantitative estimate of drug-likeness (QED) is 0.861. The summed E-state index contributed by atoms with van der Waals surface area (Å²) in [4.78, 5) is 0.180. The van der Waals surface area contributed by atoms with Gasteiger partial charge in [0.05, 0.1) is 11.0 Å². The molecule has 0 saturated heterocycles. The minimum Gasteiger partial charge on any atom is -0.387 e. The number of aliphatic hydroxyl groups is 1. The third-order valence-corrected chi connectivity index (χ3v) is 5.21. The van der Waals surface area contributed by atoms with Gasteiger partial charge in [0.2, 0.25) is 0 Å². The summed E-state index contributed by atoms with van der Waals surface area (Å²) in [5.41, 5.74) is 0.553. The van der Waals surface area contributed by atoms with Crippen LogP contribution in [0.2, 0.25) is 0 Å². The van der Waals surface area contributed by atoms with Gasteiger partial charge in [0.15, 0.2) is 9.84 Å². The molecular formula is C16H16O3S. The van der Waals surface area contributed by atoms with E-state index in [1.54, 1.807) is 42.5 Å². The van der Waals surface area contributed by atoms with E-state index in [-0.39, 0.29) is 4.90 Å². The monoisotopic (exact) mass is 288 g/mol. The Bertz CT molecular complexity index is 663. The molecule has 0 aliphatic rings. The van der Waals surface area contributed by atoms with Gasteiger partial charge < -0.3 is 5.11 Å².